The molecule has 3 heterocycles. The van der Waals surface area contributed by atoms with Crippen LogP contribution in [0.4, 0.5) is 0 Å². The van der Waals surface area contributed by atoms with Gasteiger partial charge in [0.25, 0.3) is 5.91 Å². The third-order valence-electron chi connectivity index (χ3n) is 6.66. The Bertz CT molecular complexity index is 1070. The molecule has 1 amide bonds. The van der Waals surface area contributed by atoms with Gasteiger partial charge in [-0.3, -0.25) is 9.69 Å². The first-order valence-electron chi connectivity index (χ1n) is 10.9. The summed E-state index contributed by atoms with van der Waals surface area (Å²) in [4.78, 5) is 15.4. The number of aryl methyl sites for hydroxylation is 1. The monoisotopic (exact) mass is 403 g/mol. The third-order valence-corrected chi connectivity index (χ3v) is 6.66. The molecule has 5 nitrogen and oxygen atoms in total. The van der Waals surface area contributed by atoms with E-state index in [2.05, 4.69) is 28.4 Å². The Hall–Kier alpha value is -2.63. The molecule has 2 aromatic carbocycles. The molecule has 156 valence electrons. The highest BCUT2D eigenvalue weighted by Crippen LogP contribution is 2.25. The Labute approximate surface area is 177 Å². The Kier molecular flexibility index (Phi) is 5.32. The van der Waals surface area contributed by atoms with Gasteiger partial charge in [-0.2, -0.15) is 0 Å². The van der Waals surface area contributed by atoms with Crippen molar-refractivity contribution in [2.24, 2.45) is 7.05 Å². The molecule has 1 fully saturated rings. The summed E-state index contributed by atoms with van der Waals surface area (Å²) in [5.74, 6) is -0.0305. The molecule has 2 aliphatic rings. The zero-order chi connectivity index (χ0) is 20.5. The van der Waals surface area contributed by atoms with Crippen LogP contribution >= 0.6 is 0 Å². The zero-order valence-corrected chi connectivity index (χ0v) is 17.6. The van der Waals surface area contributed by atoms with Gasteiger partial charge < -0.3 is 14.6 Å². The highest BCUT2D eigenvalue weighted by Gasteiger charge is 2.25. The topological polar surface area (TPSA) is 46.5 Å². The number of fused-ring (bicyclic) bond motifs is 2. The van der Waals surface area contributed by atoms with E-state index < -0.39 is 0 Å². The van der Waals surface area contributed by atoms with Crippen LogP contribution in [0.15, 0.2) is 48.5 Å². The highest BCUT2D eigenvalue weighted by atomic mass is 16.5. The fourth-order valence-corrected chi connectivity index (χ4v) is 4.88. The van der Waals surface area contributed by atoms with Crippen LogP contribution in [0, 0.1) is 0 Å². The van der Waals surface area contributed by atoms with Gasteiger partial charge in [0.15, 0.2) is 0 Å². The van der Waals surface area contributed by atoms with Gasteiger partial charge in [0.1, 0.15) is 5.69 Å². The standard InChI is InChI=1S/C25H29N3O2/c1-27-23-5-3-2-4-20(23)15-24(27)25(29)26-16-18-6-7-21-17-28(11-8-19(21)14-18)22-9-12-30-13-10-22/h2-7,14-15,22H,8-13,16-17H2,1H3,(H,26,29). The Morgan fingerprint density at radius 3 is 2.77 bits per heavy atom. The van der Waals surface area contributed by atoms with E-state index in [0.717, 1.165) is 56.5 Å². The lowest BCUT2D eigenvalue weighted by molar-refractivity contribution is 0.0290. The van der Waals surface area contributed by atoms with Crippen molar-refractivity contribution in [3.05, 3.63) is 70.9 Å². The summed E-state index contributed by atoms with van der Waals surface area (Å²) in [6.07, 6.45) is 3.37. The molecule has 0 aliphatic carbocycles. The Balaban J connectivity index is 1.24. The van der Waals surface area contributed by atoms with Crippen LogP contribution in [0.2, 0.25) is 0 Å². The number of hydrogen-bond donors (Lipinski definition) is 1. The molecule has 0 saturated carbocycles. The summed E-state index contributed by atoms with van der Waals surface area (Å²) in [6.45, 7) is 4.48. The molecular weight excluding hydrogens is 374 g/mol. The Morgan fingerprint density at radius 1 is 1.10 bits per heavy atom. The number of aromatic nitrogens is 1. The maximum Gasteiger partial charge on any atom is 0.268 e. The number of amides is 1. The molecule has 0 atom stereocenters. The molecule has 30 heavy (non-hydrogen) atoms. The van der Waals surface area contributed by atoms with Gasteiger partial charge in [0.05, 0.1) is 0 Å². The van der Waals surface area contributed by atoms with Gasteiger partial charge in [0.2, 0.25) is 0 Å². The minimum Gasteiger partial charge on any atom is -0.381 e. The minimum absolute atomic E-state index is 0.0305. The van der Waals surface area contributed by atoms with Crippen LogP contribution in [-0.2, 0) is 31.3 Å². The molecule has 2 aliphatic heterocycles. The van der Waals surface area contributed by atoms with Crippen LogP contribution in [0.5, 0.6) is 0 Å². The summed E-state index contributed by atoms with van der Waals surface area (Å²) < 4.78 is 7.48. The molecule has 3 aromatic rings. The molecule has 1 saturated heterocycles. The van der Waals surface area contributed by atoms with Crippen molar-refractivity contribution in [3.8, 4) is 0 Å². The lowest BCUT2D eigenvalue weighted by Crippen LogP contribution is -2.42. The maximum atomic E-state index is 12.8. The summed E-state index contributed by atoms with van der Waals surface area (Å²) in [6, 6.07) is 17.4. The highest BCUT2D eigenvalue weighted by molar-refractivity contribution is 5.98. The second-order valence-corrected chi connectivity index (χ2v) is 8.50. The number of rotatable bonds is 4. The first-order valence-corrected chi connectivity index (χ1v) is 10.9. The maximum absolute atomic E-state index is 12.8. The average Bonchev–Trinajstić information content (AvgIpc) is 3.14. The number of hydrogen-bond acceptors (Lipinski definition) is 3. The number of nitrogens with one attached hydrogen (secondary N) is 1. The van der Waals surface area contributed by atoms with E-state index in [1.54, 1.807) is 0 Å². The number of benzene rings is 2. The minimum atomic E-state index is -0.0305. The van der Waals surface area contributed by atoms with Gasteiger partial charge >= 0.3 is 0 Å². The molecule has 0 radical (unpaired) electrons. The molecule has 1 N–H and O–H groups in total. The number of ether oxygens (including phenoxy) is 1. The van der Waals surface area contributed by atoms with E-state index in [1.165, 1.54) is 16.7 Å². The average molecular weight is 404 g/mol. The van der Waals surface area contributed by atoms with Gasteiger partial charge in [-0.25, -0.2) is 0 Å². The van der Waals surface area contributed by atoms with Gasteiger partial charge in [-0.15, -0.1) is 0 Å². The van der Waals surface area contributed by atoms with Crippen molar-refractivity contribution in [2.45, 2.75) is 38.4 Å². The van der Waals surface area contributed by atoms with Crippen molar-refractivity contribution in [3.63, 3.8) is 0 Å². The van der Waals surface area contributed by atoms with E-state index >= 15 is 0 Å². The van der Waals surface area contributed by atoms with Crippen LogP contribution in [-0.4, -0.2) is 41.2 Å². The third kappa shape index (κ3) is 3.75. The second-order valence-electron chi connectivity index (χ2n) is 8.50. The summed E-state index contributed by atoms with van der Waals surface area (Å²) >= 11 is 0. The number of para-hydroxylation sites is 1. The van der Waals surface area contributed by atoms with Gasteiger partial charge in [0, 0.05) is 56.8 Å². The van der Waals surface area contributed by atoms with E-state index in [4.69, 9.17) is 4.74 Å². The molecular formula is C25H29N3O2. The first kappa shape index (κ1) is 19.3. The van der Waals surface area contributed by atoms with Crippen LogP contribution in [0.1, 0.15) is 40.0 Å². The van der Waals surface area contributed by atoms with Gasteiger partial charge in [-0.05, 0) is 48.1 Å². The number of carbonyl (C=O) groups excluding carboxylic acids is 1. The van der Waals surface area contributed by atoms with E-state index in [9.17, 15) is 4.79 Å². The molecule has 5 rings (SSSR count). The van der Waals surface area contributed by atoms with Gasteiger partial charge in [-0.1, -0.05) is 36.4 Å². The normalized spacial score (nSPS) is 17.8. The number of carbonyl (C=O) groups is 1. The second kappa shape index (κ2) is 8.25. The predicted octanol–water partition coefficient (Wildman–Crippen LogP) is 3.65. The van der Waals surface area contributed by atoms with Crippen molar-refractivity contribution >= 4 is 16.8 Å². The lowest BCUT2D eigenvalue weighted by Gasteiger charge is -2.37. The fourth-order valence-electron chi connectivity index (χ4n) is 4.88. The smallest absolute Gasteiger partial charge is 0.268 e. The van der Waals surface area contributed by atoms with Crippen molar-refractivity contribution in [1.29, 1.82) is 0 Å². The van der Waals surface area contributed by atoms with E-state index in [1.807, 2.05) is 41.9 Å². The molecule has 0 spiro atoms. The SMILES string of the molecule is Cn1c(C(=O)NCc2ccc3c(c2)CCN(C2CCOCC2)C3)cc2ccccc21. The van der Waals surface area contributed by atoms with Crippen LogP contribution in [0.3, 0.4) is 0 Å². The molecule has 5 heteroatoms. The lowest BCUT2D eigenvalue weighted by atomic mass is 9.95. The van der Waals surface area contributed by atoms with Crippen LogP contribution < -0.4 is 5.32 Å². The Morgan fingerprint density at radius 2 is 1.93 bits per heavy atom. The zero-order valence-electron chi connectivity index (χ0n) is 17.6. The predicted molar refractivity (Wildman–Crippen MR) is 118 cm³/mol. The van der Waals surface area contributed by atoms with Crippen LogP contribution in [0.25, 0.3) is 10.9 Å². The summed E-state index contributed by atoms with van der Waals surface area (Å²) in [5.41, 5.74) is 5.79. The number of nitrogens with zero attached hydrogens (tertiary/aromatic N) is 2. The van der Waals surface area contributed by atoms with Crippen molar-refractivity contribution in [2.75, 3.05) is 19.8 Å². The van der Waals surface area contributed by atoms with Crippen molar-refractivity contribution in [1.82, 2.24) is 14.8 Å². The van der Waals surface area contributed by atoms with E-state index in [-0.39, 0.29) is 5.91 Å². The molecule has 1 aromatic heterocycles. The molecule has 0 bridgehead atoms. The summed E-state index contributed by atoms with van der Waals surface area (Å²) in [7, 11) is 1.94. The quantitative estimate of drug-likeness (QED) is 0.723. The summed E-state index contributed by atoms with van der Waals surface area (Å²) in [5, 5.41) is 4.19. The first-order chi connectivity index (χ1) is 14.7. The van der Waals surface area contributed by atoms with E-state index in [0.29, 0.717) is 18.3 Å². The fraction of sp³-hybridized carbons (Fsp3) is 0.400. The van der Waals surface area contributed by atoms with Crippen molar-refractivity contribution < 1.29 is 9.53 Å². The largest absolute Gasteiger partial charge is 0.381 e. The molecule has 0 unspecified atom stereocenters.